The second-order valence-corrected chi connectivity index (χ2v) is 6.04. The summed E-state index contributed by atoms with van der Waals surface area (Å²) < 4.78 is 0. The zero-order valence-corrected chi connectivity index (χ0v) is 13.1. The van der Waals surface area contributed by atoms with Gasteiger partial charge in [0.25, 0.3) is 0 Å². The summed E-state index contributed by atoms with van der Waals surface area (Å²) in [5.41, 5.74) is 2.28. The Labute approximate surface area is 123 Å². The van der Waals surface area contributed by atoms with E-state index < -0.39 is 0 Å². The number of aryl methyl sites for hydroxylation is 1. The predicted molar refractivity (Wildman–Crippen MR) is 84.1 cm³/mol. The molecule has 0 amide bonds. The van der Waals surface area contributed by atoms with Crippen LogP contribution in [0.2, 0.25) is 0 Å². The molecular formula is C18H27NO. The van der Waals surface area contributed by atoms with Crippen LogP contribution in [-0.2, 0) is 10.2 Å². The Balaban J connectivity index is 2.25. The van der Waals surface area contributed by atoms with Crippen LogP contribution in [0.5, 0.6) is 0 Å². The Hall–Kier alpha value is -1.15. The molecular weight excluding hydrogens is 246 g/mol. The van der Waals surface area contributed by atoms with Gasteiger partial charge in [0.1, 0.15) is 0 Å². The number of ketones is 1. The molecule has 1 saturated carbocycles. The Morgan fingerprint density at radius 2 is 1.65 bits per heavy atom. The predicted octanol–water partition coefficient (Wildman–Crippen LogP) is 3.72. The largest absolute Gasteiger partial charge is 0.297 e. The molecule has 0 atom stereocenters. The van der Waals surface area contributed by atoms with Gasteiger partial charge in [-0.3, -0.25) is 9.69 Å². The van der Waals surface area contributed by atoms with E-state index in [2.05, 4.69) is 49.9 Å². The van der Waals surface area contributed by atoms with E-state index in [0.717, 1.165) is 25.9 Å². The number of benzene rings is 1. The highest BCUT2D eigenvalue weighted by molar-refractivity contribution is 5.92. The molecule has 0 saturated heterocycles. The van der Waals surface area contributed by atoms with E-state index in [1.807, 2.05) is 0 Å². The van der Waals surface area contributed by atoms with Gasteiger partial charge < -0.3 is 0 Å². The summed E-state index contributed by atoms with van der Waals surface area (Å²) in [5, 5.41) is 0. The molecule has 1 aliphatic carbocycles. The summed E-state index contributed by atoms with van der Waals surface area (Å²) in [6.45, 7) is 8.86. The van der Waals surface area contributed by atoms with Crippen molar-refractivity contribution in [3.63, 3.8) is 0 Å². The van der Waals surface area contributed by atoms with Gasteiger partial charge in [-0.25, -0.2) is 0 Å². The first-order valence-corrected chi connectivity index (χ1v) is 7.95. The highest BCUT2D eigenvalue weighted by Gasteiger charge is 2.42. The van der Waals surface area contributed by atoms with Gasteiger partial charge in [0.15, 0.2) is 5.78 Å². The maximum absolute atomic E-state index is 12.9. The fraction of sp³-hybridized carbons (Fsp3) is 0.611. The number of nitrogens with zero attached hydrogens (tertiary/aromatic N) is 1. The van der Waals surface area contributed by atoms with E-state index in [0.29, 0.717) is 12.3 Å². The molecule has 0 aliphatic heterocycles. The number of rotatable bonds is 6. The summed E-state index contributed by atoms with van der Waals surface area (Å²) >= 11 is 0. The lowest BCUT2D eigenvalue weighted by Crippen LogP contribution is -2.41. The fourth-order valence-electron chi connectivity index (χ4n) is 3.38. The molecule has 2 rings (SSSR count). The smallest absolute Gasteiger partial charge is 0.157 e. The van der Waals surface area contributed by atoms with Gasteiger partial charge in [0.2, 0.25) is 0 Å². The van der Waals surface area contributed by atoms with Crippen LogP contribution in [0.15, 0.2) is 24.3 Å². The van der Waals surface area contributed by atoms with Gasteiger partial charge in [-0.15, -0.1) is 0 Å². The number of carbonyl (C=O) groups is 1. The Bertz CT molecular complexity index is 439. The molecule has 0 aromatic heterocycles. The summed E-state index contributed by atoms with van der Waals surface area (Å²) in [4.78, 5) is 15.2. The van der Waals surface area contributed by atoms with E-state index in [9.17, 15) is 4.79 Å². The molecule has 110 valence electrons. The quantitative estimate of drug-likeness (QED) is 0.787. The summed E-state index contributed by atoms with van der Waals surface area (Å²) in [6.07, 6.45) is 4.40. The molecule has 0 unspecified atom stereocenters. The molecule has 0 spiro atoms. The Morgan fingerprint density at radius 3 is 2.15 bits per heavy atom. The Morgan fingerprint density at radius 1 is 1.10 bits per heavy atom. The zero-order chi connectivity index (χ0) is 14.6. The van der Waals surface area contributed by atoms with Crippen molar-refractivity contribution >= 4 is 5.78 Å². The van der Waals surface area contributed by atoms with E-state index in [1.165, 1.54) is 24.0 Å². The molecule has 1 aliphatic rings. The minimum Gasteiger partial charge on any atom is -0.297 e. The van der Waals surface area contributed by atoms with Crippen molar-refractivity contribution in [2.45, 2.75) is 51.9 Å². The minimum absolute atomic E-state index is 0.212. The third kappa shape index (κ3) is 2.95. The zero-order valence-electron chi connectivity index (χ0n) is 13.1. The van der Waals surface area contributed by atoms with E-state index >= 15 is 0 Å². The van der Waals surface area contributed by atoms with Crippen LogP contribution in [-0.4, -0.2) is 30.3 Å². The number of Topliss-reactive ketones (excluding diaryl/α,β-unsaturated/α-hetero) is 1. The van der Waals surface area contributed by atoms with Crippen molar-refractivity contribution < 1.29 is 4.79 Å². The summed E-state index contributed by atoms with van der Waals surface area (Å²) in [6, 6.07) is 8.61. The van der Waals surface area contributed by atoms with Gasteiger partial charge in [0.05, 0.1) is 12.0 Å². The summed E-state index contributed by atoms with van der Waals surface area (Å²) in [5.74, 6) is 0.419. The van der Waals surface area contributed by atoms with Crippen LogP contribution < -0.4 is 0 Å². The molecule has 2 nitrogen and oxygen atoms in total. The summed E-state index contributed by atoms with van der Waals surface area (Å²) in [7, 11) is 0. The van der Waals surface area contributed by atoms with Gasteiger partial charge in [-0.05, 0) is 38.4 Å². The second kappa shape index (κ2) is 6.53. The molecule has 1 aromatic carbocycles. The number of hydrogen-bond acceptors (Lipinski definition) is 2. The van der Waals surface area contributed by atoms with E-state index in [4.69, 9.17) is 0 Å². The van der Waals surface area contributed by atoms with E-state index in [-0.39, 0.29) is 5.41 Å². The molecule has 0 N–H and O–H groups in total. The van der Waals surface area contributed by atoms with Crippen molar-refractivity contribution in [1.29, 1.82) is 0 Å². The van der Waals surface area contributed by atoms with Crippen molar-refractivity contribution in [1.82, 2.24) is 4.90 Å². The van der Waals surface area contributed by atoms with Gasteiger partial charge in [-0.1, -0.05) is 56.5 Å². The number of carbonyl (C=O) groups excluding carboxylic acids is 1. The monoisotopic (exact) mass is 273 g/mol. The third-order valence-electron chi connectivity index (χ3n) is 4.86. The van der Waals surface area contributed by atoms with Gasteiger partial charge in [-0.2, -0.15) is 0 Å². The standard InChI is InChI=1S/C18H27NO/c1-4-19(5-2)14-17(20)18(12-6-7-13-18)16-10-8-15(3)9-11-16/h8-11H,4-7,12-14H2,1-3H3. The number of hydrogen-bond donors (Lipinski definition) is 0. The topological polar surface area (TPSA) is 20.3 Å². The molecule has 2 heteroatoms. The minimum atomic E-state index is -0.212. The normalized spacial score (nSPS) is 17.6. The van der Waals surface area contributed by atoms with Crippen molar-refractivity contribution in [3.05, 3.63) is 35.4 Å². The fourth-order valence-corrected chi connectivity index (χ4v) is 3.38. The van der Waals surface area contributed by atoms with Crippen LogP contribution in [0.3, 0.4) is 0 Å². The van der Waals surface area contributed by atoms with Crippen LogP contribution in [0, 0.1) is 6.92 Å². The highest BCUT2D eigenvalue weighted by Crippen LogP contribution is 2.42. The first-order chi connectivity index (χ1) is 9.62. The van der Waals surface area contributed by atoms with Crippen LogP contribution in [0.4, 0.5) is 0 Å². The maximum Gasteiger partial charge on any atom is 0.157 e. The average Bonchev–Trinajstić information content (AvgIpc) is 2.96. The molecule has 0 heterocycles. The SMILES string of the molecule is CCN(CC)CC(=O)C1(c2ccc(C)cc2)CCCC1. The number of likely N-dealkylation sites (N-methyl/N-ethyl adjacent to an activating group) is 1. The van der Waals surface area contributed by atoms with Crippen molar-refractivity contribution in [2.24, 2.45) is 0 Å². The molecule has 0 bridgehead atoms. The lowest BCUT2D eigenvalue weighted by Gasteiger charge is -2.31. The van der Waals surface area contributed by atoms with Crippen molar-refractivity contribution in [3.8, 4) is 0 Å². The molecule has 1 aromatic rings. The Kier molecular flexibility index (Phi) is 4.98. The lowest BCUT2D eigenvalue weighted by molar-refractivity contribution is -0.125. The molecule has 1 fully saturated rings. The van der Waals surface area contributed by atoms with Crippen LogP contribution >= 0.6 is 0 Å². The molecule has 20 heavy (non-hydrogen) atoms. The van der Waals surface area contributed by atoms with E-state index in [1.54, 1.807) is 0 Å². The van der Waals surface area contributed by atoms with Crippen LogP contribution in [0.1, 0.15) is 50.7 Å². The van der Waals surface area contributed by atoms with Gasteiger partial charge in [0, 0.05) is 0 Å². The molecule has 0 radical (unpaired) electrons. The average molecular weight is 273 g/mol. The highest BCUT2D eigenvalue weighted by atomic mass is 16.1. The lowest BCUT2D eigenvalue weighted by atomic mass is 9.75. The maximum atomic E-state index is 12.9. The third-order valence-corrected chi connectivity index (χ3v) is 4.86. The van der Waals surface area contributed by atoms with Crippen molar-refractivity contribution in [2.75, 3.05) is 19.6 Å². The first-order valence-electron chi connectivity index (χ1n) is 7.95. The van der Waals surface area contributed by atoms with Crippen LogP contribution in [0.25, 0.3) is 0 Å². The second-order valence-electron chi connectivity index (χ2n) is 6.04. The van der Waals surface area contributed by atoms with Gasteiger partial charge >= 0.3 is 0 Å². The first kappa shape index (κ1) is 15.2.